The fourth-order valence-corrected chi connectivity index (χ4v) is 4.43. The third-order valence-electron chi connectivity index (χ3n) is 4.57. The zero-order chi connectivity index (χ0) is 19.7. The number of carbonyl (C=O) groups is 1. The van der Waals surface area contributed by atoms with E-state index in [1.807, 2.05) is 37.3 Å². The molecule has 1 N–H and O–H groups in total. The molecule has 1 atom stereocenters. The smallest absolute Gasteiger partial charge is 0.276 e. The fourth-order valence-electron chi connectivity index (χ4n) is 3.22. The summed E-state index contributed by atoms with van der Waals surface area (Å²) in [6.45, 7) is 4.07. The molecule has 0 unspecified atom stereocenters. The van der Waals surface area contributed by atoms with Crippen LogP contribution < -0.4 is 15.9 Å². The Balaban J connectivity index is 1.79. The number of hydrogen-bond donors (Lipinski definition) is 1. The normalized spacial score (nSPS) is 18.2. The molecule has 2 aliphatic rings. The lowest BCUT2D eigenvalue weighted by Crippen LogP contribution is -2.50. The molecular weight excluding hydrogens is 440 g/mol. The summed E-state index contributed by atoms with van der Waals surface area (Å²) in [5.74, 6) is 2.21. The van der Waals surface area contributed by atoms with Crippen molar-refractivity contribution in [3.8, 4) is 0 Å². The van der Waals surface area contributed by atoms with Gasteiger partial charge in [0.2, 0.25) is 6.17 Å². The van der Waals surface area contributed by atoms with Gasteiger partial charge in [-0.1, -0.05) is 47.5 Å². The van der Waals surface area contributed by atoms with Gasteiger partial charge in [0, 0.05) is 15.4 Å². The second kappa shape index (κ2) is 8.13. The maximum Gasteiger partial charge on any atom is 0.276 e. The molecule has 0 aliphatic carbocycles. The average molecular weight is 461 g/mol. The quantitative estimate of drug-likeness (QED) is 0.693. The van der Waals surface area contributed by atoms with Gasteiger partial charge in [0.25, 0.3) is 5.91 Å². The van der Waals surface area contributed by atoms with Gasteiger partial charge in [-0.05, 0) is 43.7 Å². The van der Waals surface area contributed by atoms with Gasteiger partial charge < -0.3 is 4.42 Å². The lowest BCUT2D eigenvalue weighted by molar-refractivity contribution is -0.116. The van der Waals surface area contributed by atoms with Crippen LogP contribution in [0.4, 0.5) is 0 Å². The summed E-state index contributed by atoms with van der Waals surface area (Å²) in [5.41, 5.74) is 0.489. The number of furan rings is 1. The Morgan fingerprint density at radius 2 is 2.14 bits per heavy atom. The summed E-state index contributed by atoms with van der Waals surface area (Å²) in [4.78, 5) is 17.8. The van der Waals surface area contributed by atoms with Crippen molar-refractivity contribution in [2.24, 2.45) is 10.1 Å². The highest BCUT2D eigenvalue weighted by molar-refractivity contribution is 9.10. The zero-order valence-electron chi connectivity index (χ0n) is 15.7. The van der Waals surface area contributed by atoms with Crippen molar-refractivity contribution in [1.82, 2.24) is 10.3 Å². The number of unbranched alkanes of at least 4 members (excludes halogenated alkanes) is 2. The Morgan fingerprint density at radius 3 is 2.89 bits per heavy atom. The molecule has 2 aliphatic heterocycles. The lowest BCUT2D eigenvalue weighted by Gasteiger charge is -2.32. The third kappa shape index (κ3) is 3.75. The number of rotatable bonds is 5. The number of benzene rings is 1. The van der Waals surface area contributed by atoms with E-state index < -0.39 is 6.17 Å². The Kier molecular flexibility index (Phi) is 5.59. The first-order chi connectivity index (χ1) is 13.6. The first kappa shape index (κ1) is 19.3. The summed E-state index contributed by atoms with van der Waals surface area (Å²) in [7, 11) is 0. The molecule has 0 spiro atoms. The maximum absolute atomic E-state index is 13.0. The van der Waals surface area contributed by atoms with E-state index in [-0.39, 0.29) is 5.91 Å². The molecule has 4 rings (SSSR count). The van der Waals surface area contributed by atoms with Crippen LogP contribution in [0.2, 0.25) is 0 Å². The van der Waals surface area contributed by atoms with E-state index in [0.29, 0.717) is 16.6 Å². The number of hydrogen-bond acceptors (Lipinski definition) is 6. The van der Waals surface area contributed by atoms with Crippen LogP contribution in [-0.4, -0.2) is 21.8 Å². The van der Waals surface area contributed by atoms with Crippen LogP contribution in [0.3, 0.4) is 0 Å². The van der Waals surface area contributed by atoms with Gasteiger partial charge in [-0.2, -0.15) is 0 Å². The summed E-state index contributed by atoms with van der Waals surface area (Å²) in [6, 6.07) is 9.51. The molecule has 146 valence electrons. The van der Waals surface area contributed by atoms with Crippen LogP contribution in [0.25, 0.3) is 5.70 Å². The summed E-state index contributed by atoms with van der Waals surface area (Å²) in [6.07, 6.45) is 2.91. The minimum absolute atomic E-state index is 0.171. The molecule has 1 aromatic heterocycles. The van der Waals surface area contributed by atoms with E-state index in [1.165, 1.54) is 6.42 Å². The number of fused-ring (bicyclic) bond motifs is 2. The van der Waals surface area contributed by atoms with Crippen LogP contribution >= 0.6 is 27.7 Å². The van der Waals surface area contributed by atoms with Gasteiger partial charge in [0.1, 0.15) is 11.5 Å². The van der Waals surface area contributed by atoms with Crippen molar-refractivity contribution >= 4 is 44.5 Å². The largest absolute Gasteiger partial charge is 0.462 e. The van der Waals surface area contributed by atoms with Crippen LogP contribution in [0, 0.1) is 6.92 Å². The summed E-state index contributed by atoms with van der Waals surface area (Å²) < 4.78 is 6.72. The summed E-state index contributed by atoms with van der Waals surface area (Å²) in [5, 5.41) is 11.5. The third-order valence-corrected chi connectivity index (χ3v) is 6.02. The molecule has 0 bridgehead atoms. The van der Waals surface area contributed by atoms with E-state index >= 15 is 0 Å². The summed E-state index contributed by atoms with van der Waals surface area (Å²) >= 11 is 5.05. The first-order valence-electron chi connectivity index (χ1n) is 9.33. The molecule has 3 heterocycles. The monoisotopic (exact) mass is 460 g/mol. The van der Waals surface area contributed by atoms with Gasteiger partial charge >= 0.3 is 0 Å². The van der Waals surface area contributed by atoms with Gasteiger partial charge in [0.05, 0.1) is 5.36 Å². The highest BCUT2D eigenvalue weighted by Gasteiger charge is 2.35. The van der Waals surface area contributed by atoms with Crippen LogP contribution in [-0.2, 0) is 4.79 Å². The number of thioether (sulfide) groups is 1. The van der Waals surface area contributed by atoms with Gasteiger partial charge in [-0.3, -0.25) is 10.1 Å². The predicted octanol–water partition coefficient (Wildman–Crippen LogP) is 3.42. The molecule has 8 heteroatoms. The van der Waals surface area contributed by atoms with E-state index in [1.54, 1.807) is 16.8 Å². The maximum atomic E-state index is 13.0. The average Bonchev–Trinajstić information content (AvgIpc) is 3.10. The van der Waals surface area contributed by atoms with Crippen molar-refractivity contribution in [1.29, 1.82) is 0 Å². The zero-order valence-corrected chi connectivity index (χ0v) is 18.1. The molecule has 1 aromatic carbocycles. The van der Waals surface area contributed by atoms with Crippen molar-refractivity contribution in [3.05, 3.63) is 56.9 Å². The molecule has 6 nitrogen and oxygen atoms in total. The molecule has 0 saturated carbocycles. The number of carbonyl (C=O) groups excluding carboxylic acids is 1. The van der Waals surface area contributed by atoms with E-state index in [9.17, 15) is 4.79 Å². The van der Waals surface area contributed by atoms with Crippen LogP contribution in [0.1, 0.15) is 43.9 Å². The molecule has 28 heavy (non-hydrogen) atoms. The minimum atomic E-state index is -0.505. The van der Waals surface area contributed by atoms with E-state index in [4.69, 9.17) is 14.5 Å². The predicted molar refractivity (Wildman–Crippen MR) is 114 cm³/mol. The van der Waals surface area contributed by atoms with Gasteiger partial charge in [-0.15, -0.1) is 5.10 Å². The number of nitrogens with one attached hydrogen (secondary N) is 1. The molecule has 0 saturated heterocycles. The Bertz CT molecular complexity index is 1060. The highest BCUT2D eigenvalue weighted by atomic mass is 79.9. The van der Waals surface area contributed by atoms with Crippen LogP contribution in [0.15, 0.2) is 49.3 Å². The lowest BCUT2D eigenvalue weighted by atomic mass is 10.1. The molecule has 0 fully saturated rings. The van der Waals surface area contributed by atoms with Gasteiger partial charge in [-0.25, -0.2) is 10.0 Å². The number of amides is 1. The van der Waals surface area contributed by atoms with Gasteiger partial charge in [0.15, 0.2) is 10.9 Å². The number of nitrogens with zero attached hydrogens (tertiary/aromatic N) is 3. The number of halogens is 1. The number of aryl methyl sites for hydroxylation is 1. The second-order valence-electron chi connectivity index (χ2n) is 6.72. The highest BCUT2D eigenvalue weighted by Crippen LogP contribution is 2.31. The first-order valence-corrected chi connectivity index (χ1v) is 11.1. The number of amidine groups is 1. The topological polar surface area (TPSA) is 70.2 Å². The Morgan fingerprint density at radius 1 is 1.29 bits per heavy atom. The number of hydrazone groups is 1. The molecule has 1 amide bonds. The Labute approximate surface area is 175 Å². The van der Waals surface area contributed by atoms with Crippen molar-refractivity contribution in [2.45, 2.75) is 39.3 Å². The molecular formula is C20H21BrN4O2S. The van der Waals surface area contributed by atoms with Crippen molar-refractivity contribution in [3.63, 3.8) is 0 Å². The van der Waals surface area contributed by atoms with E-state index in [0.717, 1.165) is 39.4 Å². The van der Waals surface area contributed by atoms with Crippen molar-refractivity contribution in [2.75, 3.05) is 5.75 Å². The second-order valence-corrected chi connectivity index (χ2v) is 8.72. The molecule has 2 aromatic rings. The Hall–Kier alpha value is -2.06. The molecule has 0 radical (unpaired) electrons. The fraction of sp³-hybridized carbons (Fsp3) is 0.350. The van der Waals surface area contributed by atoms with E-state index in [2.05, 4.69) is 28.2 Å². The minimum Gasteiger partial charge on any atom is -0.462 e. The van der Waals surface area contributed by atoms with Crippen LogP contribution in [0.5, 0.6) is 0 Å². The standard InChI is InChI=1S/C20H21BrN4O2S/c1-3-4-5-10-28-20-23-19(26)17-14-11-13(21)7-8-15(14)22-18(25(17)24-20)16-9-6-12(2)27-16/h6-9,11,18H,3-5,10H2,1-2H3,(H,23,24,26)/t18-/m1/s1. The SMILES string of the molecule is CCCCCSC1=NN2C(=c3cc(Br)ccc3=N[C@H]2c2ccc(C)o2)C(=O)N1. The van der Waals surface area contributed by atoms with Crippen molar-refractivity contribution < 1.29 is 9.21 Å².